The van der Waals surface area contributed by atoms with E-state index in [1.807, 2.05) is 49.4 Å². The van der Waals surface area contributed by atoms with E-state index in [4.69, 9.17) is 20.6 Å². The summed E-state index contributed by atoms with van der Waals surface area (Å²) in [6.07, 6.45) is 0.297. The van der Waals surface area contributed by atoms with Crippen LogP contribution in [0.25, 0.3) is 0 Å². The number of methoxy groups -OCH3 is 1. The number of hydrogen-bond donors (Lipinski definition) is 3. The number of benzene rings is 3. The van der Waals surface area contributed by atoms with Gasteiger partial charge in [0.15, 0.2) is 11.5 Å². The topological polar surface area (TPSA) is 118 Å². The summed E-state index contributed by atoms with van der Waals surface area (Å²) in [6, 6.07) is 22.1. The molecule has 3 rings (SSSR count). The summed E-state index contributed by atoms with van der Waals surface area (Å²) < 4.78 is 37.5. The number of anilines is 1. The average molecular weight is 497 g/mol. The number of hydrogen-bond acceptors (Lipinski definition) is 6. The van der Waals surface area contributed by atoms with E-state index in [0.29, 0.717) is 42.3 Å². The lowest BCUT2D eigenvalue weighted by atomic mass is 10.1. The maximum atomic E-state index is 13.1. The zero-order valence-corrected chi connectivity index (χ0v) is 21.0. The molecule has 0 aliphatic carbocycles. The molecular weight excluding hydrogens is 464 g/mol. The van der Waals surface area contributed by atoms with Gasteiger partial charge < -0.3 is 15.2 Å². The predicted molar refractivity (Wildman–Crippen MR) is 139 cm³/mol. The molecule has 0 aromatic heterocycles. The van der Waals surface area contributed by atoms with E-state index in [1.165, 1.54) is 0 Å². The van der Waals surface area contributed by atoms with Crippen molar-refractivity contribution in [2.24, 2.45) is 5.73 Å². The molecule has 0 spiro atoms. The number of rotatable bonds is 12. The molecule has 0 bridgehead atoms. The van der Waals surface area contributed by atoms with Crippen molar-refractivity contribution in [2.45, 2.75) is 32.1 Å². The van der Waals surface area contributed by atoms with Gasteiger partial charge in [-0.1, -0.05) is 36.4 Å². The molecule has 8 nitrogen and oxygen atoms in total. The normalized spacial score (nSPS) is 12.1. The first-order valence-electron chi connectivity index (χ1n) is 11.3. The number of sulfonamides is 1. The van der Waals surface area contributed by atoms with Gasteiger partial charge in [0.1, 0.15) is 12.4 Å². The quantitative estimate of drug-likeness (QED) is 0.199. The Morgan fingerprint density at radius 3 is 2.31 bits per heavy atom. The number of amidine groups is 1. The average Bonchev–Trinajstić information content (AvgIpc) is 2.87. The van der Waals surface area contributed by atoms with Crippen molar-refractivity contribution in [3.05, 3.63) is 89.5 Å². The van der Waals surface area contributed by atoms with Gasteiger partial charge in [0.25, 0.3) is 0 Å². The van der Waals surface area contributed by atoms with Crippen LogP contribution in [0.5, 0.6) is 11.5 Å². The Bertz CT molecular complexity index is 1230. The van der Waals surface area contributed by atoms with Gasteiger partial charge in [-0.2, -0.15) is 0 Å². The first-order chi connectivity index (χ1) is 16.7. The van der Waals surface area contributed by atoms with Crippen LogP contribution < -0.4 is 25.0 Å². The highest BCUT2D eigenvalue weighted by Gasteiger charge is 2.24. The standard InChI is InChI=1S/C26H32N4O4S/c1-4-30(23-13-11-22(12-14-23)26(27)28)29-35(31,32)19(2)16-21-10-15-24(25(17-21)33-3)34-18-20-8-6-5-7-9-20/h5-15,17,19,29H,4,16,18H2,1-3H3,(H3,27,28). The first-order valence-corrected chi connectivity index (χ1v) is 12.8. The minimum absolute atomic E-state index is 0.0410. The highest BCUT2D eigenvalue weighted by Crippen LogP contribution is 2.30. The summed E-state index contributed by atoms with van der Waals surface area (Å²) in [4.78, 5) is 2.67. The summed E-state index contributed by atoms with van der Waals surface area (Å²) in [6.45, 7) is 4.35. The molecule has 0 fully saturated rings. The van der Waals surface area contributed by atoms with Crippen molar-refractivity contribution in [2.75, 3.05) is 18.7 Å². The van der Waals surface area contributed by atoms with Crippen LogP contribution in [0.1, 0.15) is 30.5 Å². The van der Waals surface area contributed by atoms with Crippen molar-refractivity contribution >= 4 is 21.5 Å². The third-order valence-corrected chi connectivity index (χ3v) is 7.26. The number of nitrogens with zero attached hydrogens (tertiary/aromatic N) is 1. The van der Waals surface area contributed by atoms with Gasteiger partial charge in [-0.3, -0.25) is 10.4 Å². The smallest absolute Gasteiger partial charge is 0.231 e. The largest absolute Gasteiger partial charge is 0.493 e. The van der Waals surface area contributed by atoms with Gasteiger partial charge in [-0.25, -0.2) is 8.42 Å². The first kappa shape index (κ1) is 26.1. The van der Waals surface area contributed by atoms with Crippen LogP contribution in [-0.4, -0.2) is 33.2 Å². The molecule has 0 saturated carbocycles. The van der Waals surface area contributed by atoms with E-state index in [1.54, 1.807) is 49.4 Å². The van der Waals surface area contributed by atoms with Gasteiger partial charge in [0, 0.05) is 12.1 Å². The predicted octanol–water partition coefficient (Wildman–Crippen LogP) is 3.85. The lowest BCUT2D eigenvalue weighted by molar-refractivity contribution is 0.284. The molecule has 0 aliphatic heterocycles. The maximum Gasteiger partial charge on any atom is 0.231 e. The van der Waals surface area contributed by atoms with Crippen LogP contribution >= 0.6 is 0 Å². The van der Waals surface area contributed by atoms with Crippen molar-refractivity contribution in [3.8, 4) is 11.5 Å². The fourth-order valence-electron chi connectivity index (χ4n) is 3.50. The number of hydrazine groups is 1. The summed E-state index contributed by atoms with van der Waals surface area (Å²) in [5.41, 5.74) is 8.60. The molecule has 1 atom stereocenters. The number of nitrogens with two attached hydrogens (primary N) is 1. The van der Waals surface area contributed by atoms with Crippen molar-refractivity contribution in [3.63, 3.8) is 0 Å². The second kappa shape index (κ2) is 11.7. The van der Waals surface area contributed by atoms with Crippen molar-refractivity contribution < 1.29 is 17.9 Å². The van der Waals surface area contributed by atoms with Crippen LogP contribution in [0.3, 0.4) is 0 Å². The summed E-state index contributed by atoms with van der Waals surface area (Å²) in [5.74, 6) is 1.11. The maximum absolute atomic E-state index is 13.1. The van der Waals surface area contributed by atoms with Crippen LogP contribution in [-0.2, 0) is 23.1 Å². The Labute approximate surface area is 207 Å². The monoisotopic (exact) mass is 496 g/mol. The van der Waals surface area contributed by atoms with E-state index in [-0.39, 0.29) is 5.84 Å². The lowest BCUT2D eigenvalue weighted by Crippen LogP contribution is -2.46. The minimum atomic E-state index is -3.68. The summed E-state index contributed by atoms with van der Waals surface area (Å²) >= 11 is 0. The third kappa shape index (κ3) is 6.97. The van der Waals surface area contributed by atoms with Gasteiger partial charge in [-0.15, -0.1) is 4.83 Å². The number of nitrogens with one attached hydrogen (secondary N) is 2. The van der Waals surface area contributed by atoms with Crippen LogP contribution in [0.2, 0.25) is 0 Å². The molecule has 0 radical (unpaired) electrons. The zero-order valence-electron chi connectivity index (χ0n) is 20.2. The molecule has 9 heteroatoms. The third-order valence-electron chi connectivity index (χ3n) is 5.56. The second-order valence-electron chi connectivity index (χ2n) is 8.12. The number of ether oxygens (including phenoxy) is 2. The summed E-state index contributed by atoms with van der Waals surface area (Å²) in [7, 11) is -2.12. The van der Waals surface area contributed by atoms with Gasteiger partial charge >= 0.3 is 0 Å². The lowest BCUT2D eigenvalue weighted by Gasteiger charge is -2.26. The van der Waals surface area contributed by atoms with Gasteiger partial charge in [0.2, 0.25) is 10.0 Å². The molecule has 186 valence electrons. The van der Waals surface area contributed by atoms with E-state index in [2.05, 4.69) is 4.83 Å². The van der Waals surface area contributed by atoms with E-state index < -0.39 is 15.3 Å². The van der Waals surface area contributed by atoms with Crippen LogP contribution in [0, 0.1) is 5.41 Å². The van der Waals surface area contributed by atoms with E-state index in [0.717, 1.165) is 11.1 Å². The molecule has 0 saturated heterocycles. The van der Waals surface area contributed by atoms with Crippen LogP contribution in [0.15, 0.2) is 72.8 Å². The Hall–Kier alpha value is -3.56. The molecule has 0 heterocycles. The Kier molecular flexibility index (Phi) is 8.73. The molecule has 35 heavy (non-hydrogen) atoms. The highest BCUT2D eigenvalue weighted by molar-refractivity contribution is 7.90. The van der Waals surface area contributed by atoms with Crippen molar-refractivity contribution in [1.82, 2.24) is 4.83 Å². The minimum Gasteiger partial charge on any atom is -0.493 e. The van der Waals surface area contributed by atoms with Crippen molar-refractivity contribution in [1.29, 1.82) is 5.41 Å². The SMILES string of the molecule is CCN(NS(=O)(=O)C(C)Cc1ccc(OCc2ccccc2)c(OC)c1)c1ccc(C(=N)N)cc1. The Balaban J connectivity index is 1.67. The summed E-state index contributed by atoms with van der Waals surface area (Å²) in [5, 5.41) is 8.36. The Morgan fingerprint density at radius 1 is 1.03 bits per heavy atom. The molecule has 0 amide bonds. The molecular formula is C26H32N4O4S. The molecule has 3 aromatic rings. The number of nitrogen functional groups attached to an aromatic ring is 1. The van der Waals surface area contributed by atoms with E-state index >= 15 is 0 Å². The zero-order chi connectivity index (χ0) is 25.4. The molecule has 4 N–H and O–H groups in total. The molecule has 3 aromatic carbocycles. The second-order valence-corrected chi connectivity index (χ2v) is 10.2. The van der Waals surface area contributed by atoms with Gasteiger partial charge in [0.05, 0.1) is 18.0 Å². The highest BCUT2D eigenvalue weighted by atomic mass is 32.2. The van der Waals surface area contributed by atoms with Crippen LogP contribution in [0.4, 0.5) is 5.69 Å². The van der Waals surface area contributed by atoms with Gasteiger partial charge in [-0.05, 0) is 67.8 Å². The molecule has 0 aliphatic rings. The molecule has 1 unspecified atom stereocenters. The van der Waals surface area contributed by atoms with E-state index in [9.17, 15) is 8.42 Å². The Morgan fingerprint density at radius 2 is 1.71 bits per heavy atom. The fourth-order valence-corrected chi connectivity index (χ4v) is 4.63. The fraction of sp³-hybridized carbons (Fsp3) is 0.269.